The third-order valence-corrected chi connectivity index (χ3v) is 4.94. The zero-order valence-corrected chi connectivity index (χ0v) is 15.1. The number of aromatic nitrogens is 3. The molecule has 0 bridgehead atoms. The van der Waals surface area contributed by atoms with E-state index in [0.717, 1.165) is 23.3 Å². The Labute approximate surface area is 154 Å². The molecule has 2 heterocycles. The fourth-order valence-corrected chi connectivity index (χ4v) is 3.83. The highest BCUT2D eigenvalue weighted by molar-refractivity contribution is 7.16. The summed E-state index contributed by atoms with van der Waals surface area (Å²) in [5, 5.41) is 5.52. The van der Waals surface area contributed by atoms with Gasteiger partial charge in [0.05, 0.1) is 6.61 Å². The third-order valence-electron chi connectivity index (χ3n) is 4.03. The highest BCUT2D eigenvalue weighted by Gasteiger charge is 2.20. The molecule has 0 unspecified atom stereocenters. The summed E-state index contributed by atoms with van der Waals surface area (Å²) in [6.07, 6.45) is 1.53. The number of benzene rings is 2. The van der Waals surface area contributed by atoms with Gasteiger partial charge in [-0.3, -0.25) is 4.79 Å². The number of carbonyl (C=O) groups is 1. The Morgan fingerprint density at radius 1 is 1.12 bits per heavy atom. The van der Waals surface area contributed by atoms with Crippen LogP contribution >= 0.6 is 11.3 Å². The van der Waals surface area contributed by atoms with Crippen molar-refractivity contribution in [1.29, 1.82) is 0 Å². The number of ether oxygens (including phenoxy) is 1. The van der Waals surface area contributed by atoms with E-state index in [0.29, 0.717) is 28.7 Å². The van der Waals surface area contributed by atoms with E-state index in [1.165, 1.54) is 16.9 Å². The molecule has 2 aromatic heterocycles. The lowest BCUT2D eigenvalue weighted by Gasteiger charge is -2.08. The average molecular weight is 363 g/mol. The molecule has 0 N–H and O–H groups in total. The first-order valence-electron chi connectivity index (χ1n) is 8.40. The van der Waals surface area contributed by atoms with Crippen LogP contribution < -0.4 is 4.74 Å². The second-order valence-electron chi connectivity index (χ2n) is 5.75. The average Bonchev–Trinajstić information content (AvgIpc) is 3.20. The topological polar surface area (TPSA) is 56.5 Å². The van der Waals surface area contributed by atoms with Crippen LogP contribution in [0.25, 0.3) is 16.2 Å². The van der Waals surface area contributed by atoms with Crippen molar-refractivity contribution in [1.82, 2.24) is 14.6 Å². The van der Waals surface area contributed by atoms with E-state index in [2.05, 4.69) is 22.2 Å². The first-order chi connectivity index (χ1) is 12.8. The van der Waals surface area contributed by atoms with Crippen molar-refractivity contribution in [3.8, 4) is 17.0 Å². The molecule has 2 aromatic carbocycles. The van der Waals surface area contributed by atoms with Gasteiger partial charge < -0.3 is 4.74 Å². The maximum atomic E-state index is 11.8. The molecule has 4 rings (SSSR count). The first kappa shape index (κ1) is 16.5. The number of carbonyl (C=O) groups excluding carboxylic acids is 1. The predicted molar refractivity (Wildman–Crippen MR) is 102 cm³/mol. The summed E-state index contributed by atoms with van der Waals surface area (Å²) in [4.78, 5) is 17.1. The van der Waals surface area contributed by atoms with E-state index in [4.69, 9.17) is 4.74 Å². The highest BCUT2D eigenvalue weighted by Crippen LogP contribution is 2.33. The van der Waals surface area contributed by atoms with E-state index in [9.17, 15) is 4.79 Å². The van der Waals surface area contributed by atoms with Crippen molar-refractivity contribution >= 4 is 22.6 Å². The number of fused-ring (bicyclic) bond motifs is 1. The Morgan fingerprint density at radius 3 is 2.65 bits per heavy atom. The number of aldehydes is 1. The molecule has 0 aliphatic carbocycles. The van der Waals surface area contributed by atoms with Gasteiger partial charge in [0.2, 0.25) is 4.96 Å². The van der Waals surface area contributed by atoms with Crippen LogP contribution in [0.2, 0.25) is 0 Å². The predicted octanol–water partition coefficient (Wildman–Crippen LogP) is 4.26. The van der Waals surface area contributed by atoms with E-state index in [-0.39, 0.29) is 0 Å². The Bertz CT molecular complexity index is 1050. The minimum atomic E-state index is 0.447. The van der Waals surface area contributed by atoms with Crippen LogP contribution in [0.15, 0.2) is 54.6 Å². The lowest BCUT2D eigenvalue weighted by atomic mass is 10.1. The molecule has 0 aliphatic rings. The zero-order valence-electron chi connectivity index (χ0n) is 14.3. The molecule has 4 aromatic rings. The minimum absolute atomic E-state index is 0.447. The molecule has 130 valence electrons. The van der Waals surface area contributed by atoms with Gasteiger partial charge in [0.25, 0.3) is 0 Å². The lowest BCUT2D eigenvalue weighted by molar-refractivity contribution is 0.111. The monoisotopic (exact) mass is 363 g/mol. The van der Waals surface area contributed by atoms with E-state index in [1.807, 2.05) is 49.4 Å². The van der Waals surface area contributed by atoms with Gasteiger partial charge in [-0.15, -0.1) is 0 Å². The molecule has 6 heteroatoms. The quantitative estimate of drug-likeness (QED) is 0.480. The van der Waals surface area contributed by atoms with Crippen molar-refractivity contribution in [3.05, 3.63) is 70.9 Å². The Balaban J connectivity index is 1.76. The van der Waals surface area contributed by atoms with Gasteiger partial charge in [-0.05, 0) is 24.6 Å². The third kappa shape index (κ3) is 2.99. The SMILES string of the molecule is CCOc1ccccc1-c1nc2sc(Cc3ccccc3)nn2c1C=O. The maximum Gasteiger partial charge on any atom is 0.213 e. The molecular formula is C20H17N3O2S. The van der Waals surface area contributed by atoms with Gasteiger partial charge >= 0.3 is 0 Å². The fourth-order valence-electron chi connectivity index (χ4n) is 2.89. The molecule has 0 saturated heterocycles. The molecule has 5 nitrogen and oxygen atoms in total. The largest absolute Gasteiger partial charge is 0.493 e. The summed E-state index contributed by atoms with van der Waals surface area (Å²) in [5.41, 5.74) is 3.04. The van der Waals surface area contributed by atoms with E-state index in [1.54, 1.807) is 4.52 Å². The van der Waals surface area contributed by atoms with Crippen LogP contribution in [-0.4, -0.2) is 27.5 Å². The molecule has 0 atom stereocenters. The van der Waals surface area contributed by atoms with Gasteiger partial charge in [0.1, 0.15) is 22.1 Å². The van der Waals surface area contributed by atoms with Crippen LogP contribution in [0.1, 0.15) is 28.0 Å². The van der Waals surface area contributed by atoms with Crippen LogP contribution in [-0.2, 0) is 6.42 Å². The number of hydrogen-bond donors (Lipinski definition) is 0. The summed E-state index contributed by atoms with van der Waals surface area (Å²) >= 11 is 1.50. The van der Waals surface area contributed by atoms with Crippen molar-refractivity contribution in [2.45, 2.75) is 13.3 Å². The fraction of sp³-hybridized carbons (Fsp3) is 0.150. The molecule has 0 amide bonds. The molecule has 0 saturated carbocycles. The second-order valence-corrected chi connectivity index (χ2v) is 6.79. The standard InChI is InChI=1S/C20H17N3O2S/c1-2-25-17-11-7-6-10-15(17)19-16(13-24)23-20(21-19)26-18(22-23)12-14-8-4-3-5-9-14/h3-11,13H,2,12H2,1H3. The molecule has 0 aliphatic heterocycles. The number of rotatable bonds is 6. The van der Waals surface area contributed by atoms with Gasteiger partial charge in [-0.1, -0.05) is 53.8 Å². The second kappa shape index (κ2) is 7.09. The Kier molecular flexibility index (Phi) is 4.50. The van der Waals surface area contributed by atoms with Crippen LogP contribution in [0.4, 0.5) is 0 Å². The van der Waals surface area contributed by atoms with Crippen molar-refractivity contribution in [2.75, 3.05) is 6.61 Å². The van der Waals surface area contributed by atoms with Gasteiger partial charge in [-0.2, -0.15) is 9.61 Å². The molecular weight excluding hydrogens is 346 g/mol. The van der Waals surface area contributed by atoms with Gasteiger partial charge in [0.15, 0.2) is 6.29 Å². The minimum Gasteiger partial charge on any atom is -0.493 e. The van der Waals surface area contributed by atoms with Crippen molar-refractivity contribution < 1.29 is 9.53 Å². The van der Waals surface area contributed by atoms with Crippen LogP contribution in [0.5, 0.6) is 5.75 Å². The number of imidazole rings is 1. The number of hydrogen-bond acceptors (Lipinski definition) is 5. The zero-order chi connectivity index (χ0) is 17.9. The summed E-state index contributed by atoms with van der Waals surface area (Å²) in [6, 6.07) is 17.7. The highest BCUT2D eigenvalue weighted by atomic mass is 32.1. The van der Waals surface area contributed by atoms with Crippen molar-refractivity contribution in [3.63, 3.8) is 0 Å². The molecule has 0 spiro atoms. The van der Waals surface area contributed by atoms with Crippen molar-refractivity contribution in [2.24, 2.45) is 0 Å². The smallest absolute Gasteiger partial charge is 0.213 e. The normalized spacial score (nSPS) is 11.0. The van der Waals surface area contributed by atoms with Crippen LogP contribution in [0, 0.1) is 0 Å². The van der Waals surface area contributed by atoms with Crippen LogP contribution in [0.3, 0.4) is 0 Å². The van der Waals surface area contributed by atoms with Gasteiger partial charge in [0, 0.05) is 12.0 Å². The first-order valence-corrected chi connectivity index (χ1v) is 9.21. The molecule has 0 fully saturated rings. The Morgan fingerprint density at radius 2 is 1.88 bits per heavy atom. The van der Waals surface area contributed by atoms with Gasteiger partial charge in [-0.25, -0.2) is 4.98 Å². The lowest BCUT2D eigenvalue weighted by Crippen LogP contribution is -1.98. The maximum absolute atomic E-state index is 11.8. The summed E-state index contributed by atoms with van der Waals surface area (Å²) < 4.78 is 7.32. The Hall–Kier alpha value is -2.99. The summed E-state index contributed by atoms with van der Waals surface area (Å²) in [6.45, 7) is 2.48. The molecule has 0 radical (unpaired) electrons. The summed E-state index contributed by atoms with van der Waals surface area (Å²) in [7, 11) is 0. The van der Waals surface area contributed by atoms with E-state index < -0.39 is 0 Å². The molecule has 26 heavy (non-hydrogen) atoms. The summed E-state index contributed by atoms with van der Waals surface area (Å²) in [5.74, 6) is 0.716. The number of nitrogens with zero attached hydrogens (tertiary/aromatic N) is 3. The number of para-hydroxylation sites is 1. The van der Waals surface area contributed by atoms with E-state index >= 15 is 0 Å².